The van der Waals surface area contributed by atoms with Crippen LogP contribution in [-0.4, -0.2) is 5.11 Å². The third kappa shape index (κ3) is 5.08. The number of nitrogens with zero attached hydrogens (tertiary/aromatic N) is 1. The summed E-state index contributed by atoms with van der Waals surface area (Å²) in [5.74, 6) is -0.400. The minimum atomic E-state index is -0.391. The highest BCUT2D eigenvalue weighted by molar-refractivity contribution is 5.65. The maximum absolute atomic E-state index is 14.3. The van der Waals surface area contributed by atoms with Crippen LogP contribution in [-0.2, 0) is 13.1 Å². The average molecular weight is 359 g/mol. The Morgan fingerprint density at radius 2 is 1.44 bits per heavy atom. The first-order valence-corrected chi connectivity index (χ1v) is 8.81. The maximum atomic E-state index is 14.3. The lowest BCUT2D eigenvalue weighted by Crippen LogP contribution is -2.22. The summed E-state index contributed by atoms with van der Waals surface area (Å²) in [6, 6.07) is 24.7. The van der Waals surface area contributed by atoms with Crippen LogP contribution in [0.1, 0.15) is 16.7 Å². The molecule has 136 valence electrons. The summed E-state index contributed by atoms with van der Waals surface area (Å²) in [6.07, 6.45) is 2.93. The van der Waals surface area contributed by atoms with Crippen molar-refractivity contribution in [3.05, 3.63) is 120 Å². The molecule has 1 N–H and O–H groups in total. The van der Waals surface area contributed by atoms with Gasteiger partial charge in [-0.05, 0) is 35.4 Å². The molecule has 2 nitrogen and oxygen atoms in total. The molecule has 3 heteroatoms. The van der Waals surface area contributed by atoms with Crippen molar-refractivity contribution in [3.63, 3.8) is 0 Å². The largest absolute Gasteiger partial charge is 0.507 e. The first-order valence-electron chi connectivity index (χ1n) is 8.81. The second kappa shape index (κ2) is 8.86. The van der Waals surface area contributed by atoms with Crippen LogP contribution in [0.15, 0.2) is 97.6 Å². The van der Waals surface area contributed by atoms with E-state index in [4.69, 9.17) is 0 Å². The van der Waals surface area contributed by atoms with E-state index in [1.165, 1.54) is 24.3 Å². The molecule has 0 radical (unpaired) electrons. The number of halogens is 1. The van der Waals surface area contributed by atoms with Crippen LogP contribution in [0, 0.1) is 5.82 Å². The lowest BCUT2D eigenvalue weighted by atomic mass is 10.1. The average Bonchev–Trinajstić information content (AvgIpc) is 2.69. The summed E-state index contributed by atoms with van der Waals surface area (Å²) in [4.78, 5) is 2.10. The summed E-state index contributed by atoms with van der Waals surface area (Å²) in [7, 11) is 0. The highest BCUT2D eigenvalue weighted by atomic mass is 19.1. The van der Waals surface area contributed by atoms with E-state index in [0.717, 1.165) is 11.1 Å². The zero-order valence-corrected chi connectivity index (χ0v) is 15.1. The van der Waals surface area contributed by atoms with Crippen LogP contribution < -0.4 is 4.90 Å². The maximum Gasteiger partial charge on any atom is 0.126 e. The van der Waals surface area contributed by atoms with Crippen LogP contribution in [0.3, 0.4) is 0 Å². The Kier molecular flexibility index (Phi) is 6.06. The summed E-state index contributed by atoms with van der Waals surface area (Å²) in [5.41, 5.74) is 3.40. The number of benzene rings is 3. The van der Waals surface area contributed by atoms with Crippen LogP contribution in [0.5, 0.6) is 0 Å². The van der Waals surface area contributed by atoms with Crippen LogP contribution in [0.2, 0.25) is 0 Å². The molecule has 3 rings (SSSR count). The van der Waals surface area contributed by atoms with Gasteiger partial charge in [-0.15, -0.1) is 0 Å². The Balaban J connectivity index is 1.98. The van der Waals surface area contributed by atoms with E-state index in [9.17, 15) is 9.50 Å². The number of rotatable bonds is 7. The zero-order valence-electron chi connectivity index (χ0n) is 15.1. The van der Waals surface area contributed by atoms with Gasteiger partial charge in [-0.1, -0.05) is 73.3 Å². The number of hydrogen-bond acceptors (Lipinski definition) is 2. The molecular weight excluding hydrogens is 337 g/mol. The molecule has 0 spiro atoms. The van der Waals surface area contributed by atoms with Gasteiger partial charge in [0, 0.05) is 24.3 Å². The lowest BCUT2D eigenvalue weighted by molar-refractivity contribution is 0.510. The molecule has 3 aromatic carbocycles. The molecule has 27 heavy (non-hydrogen) atoms. The van der Waals surface area contributed by atoms with Gasteiger partial charge in [0.25, 0.3) is 0 Å². The van der Waals surface area contributed by atoms with Crippen molar-refractivity contribution >= 4 is 11.4 Å². The van der Waals surface area contributed by atoms with E-state index >= 15 is 0 Å². The van der Waals surface area contributed by atoms with E-state index < -0.39 is 5.82 Å². The second-order valence-electron chi connectivity index (χ2n) is 6.31. The van der Waals surface area contributed by atoms with Crippen molar-refractivity contribution in [2.24, 2.45) is 0 Å². The minimum Gasteiger partial charge on any atom is -0.507 e. The Bertz CT molecular complexity index is 878. The van der Waals surface area contributed by atoms with Gasteiger partial charge in [0.1, 0.15) is 11.6 Å². The molecule has 0 bridgehead atoms. The van der Waals surface area contributed by atoms with Crippen LogP contribution in [0.25, 0.3) is 5.76 Å². The Hall–Kier alpha value is -3.33. The predicted octanol–water partition coefficient (Wildman–Crippen LogP) is 6.12. The number of allylic oxidation sites excluding steroid dienone is 2. The van der Waals surface area contributed by atoms with Gasteiger partial charge in [-0.3, -0.25) is 0 Å². The Morgan fingerprint density at radius 1 is 0.889 bits per heavy atom. The molecule has 0 heterocycles. The number of aliphatic hydroxyl groups excluding tert-OH is 1. The number of anilines is 1. The molecule has 0 aliphatic carbocycles. The topological polar surface area (TPSA) is 23.5 Å². The van der Waals surface area contributed by atoms with E-state index in [-0.39, 0.29) is 5.76 Å². The smallest absolute Gasteiger partial charge is 0.126 e. The molecule has 0 saturated heterocycles. The summed E-state index contributed by atoms with van der Waals surface area (Å²) in [6.45, 7) is 4.84. The third-order valence-electron chi connectivity index (χ3n) is 4.25. The molecule has 0 fully saturated rings. The van der Waals surface area contributed by atoms with Crippen molar-refractivity contribution in [2.75, 3.05) is 4.90 Å². The summed E-state index contributed by atoms with van der Waals surface area (Å²) in [5, 5.41) is 10.1. The second-order valence-corrected chi connectivity index (χ2v) is 6.31. The molecule has 3 aromatic rings. The first kappa shape index (κ1) is 18.5. The van der Waals surface area contributed by atoms with E-state index in [2.05, 4.69) is 11.5 Å². The highest BCUT2D eigenvalue weighted by Crippen LogP contribution is 2.25. The molecule has 0 atom stereocenters. The monoisotopic (exact) mass is 359 g/mol. The zero-order chi connectivity index (χ0) is 19.1. The van der Waals surface area contributed by atoms with E-state index in [0.29, 0.717) is 24.3 Å². The first-order chi connectivity index (χ1) is 13.2. The predicted molar refractivity (Wildman–Crippen MR) is 110 cm³/mol. The molecule has 0 amide bonds. The molecule has 0 unspecified atom stereocenters. The fraction of sp³-hybridized carbons (Fsp3) is 0.0833. The third-order valence-corrected chi connectivity index (χ3v) is 4.25. The van der Waals surface area contributed by atoms with Crippen molar-refractivity contribution < 1.29 is 9.50 Å². The van der Waals surface area contributed by atoms with Crippen LogP contribution in [0.4, 0.5) is 10.1 Å². The van der Waals surface area contributed by atoms with Gasteiger partial charge in [0.15, 0.2) is 0 Å². The van der Waals surface area contributed by atoms with Gasteiger partial charge < -0.3 is 10.0 Å². The SMILES string of the molecule is C=C/C=C(\O)c1cc(F)cc(N(Cc2ccccc2)Cc2ccccc2)c1. The normalized spacial score (nSPS) is 11.2. The van der Waals surface area contributed by atoms with Gasteiger partial charge in [-0.2, -0.15) is 0 Å². The quantitative estimate of drug-likeness (QED) is 0.406. The van der Waals surface area contributed by atoms with Gasteiger partial charge in [0.2, 0.25) is 0 Å². The van der Waals surface area contributed by atoms with Crippen molar-refractivity contribution in [3.8, 4) is 0 Å². The van der Waals surface area contributed by atoms with E-state index in [1.807, 2.05) is 60.7 Å². The fourth-order valence-corrected chi connectivity index (χ4v) is 2.96. The van der Waals surface area contributed by atoms with Gasteiger partial charge in [0.05, 0.1) is 0 Å². The summed E-state index contributed by atoms with van der Waals surface area (Å²) >= 11 is 0. The molecule has 0 saturated carbocycles. The minimum absolute atomic E-state index is 0.00915. The molecule has 0 aliphatic rings. The van der Waals surface area contributed by atoms with Crippen LogP contribution >= 0.6 is 0 Å². The molecule has 0 aromatic heterocycles. The van der Waals surface area contributed by atoms with Gasteiger partial charge >= 0.3 is 0 Å². The van der Waals surface area contributed by atoms with Crippen molar-refractivity contribution in [1.82, 2.24) is 0 Å². The van der Waals surface area contributed by atoms with Crippen molar-refractivity contribution in [1.29, 1.82) is 0 Å². The lowest BCUT2D eigenvalue weighted by Gasteiger charge is -2.26. The fourth-order valence-electron chi connectivity index (χ4n) is 2.96. The standard InChI is InChI=1S/C24H22FNO/c1-2-9-24(27)21-14-22(25)16-23(15-21)26(17-19-10-5-3-6-11-19)18-20-12-7-4-8-13-20/h2-16,27H,1,17-18H2/b24-9-. The van der Waals surface area contributed by atoms with E-state index in [1.54, 1.807) is 6.07 Å². The Labute approximate surface area is 159 Å². The molecule has 0 aliphatic heterocycles. The molecular formula is C24H22FNO. The number of aliphatic hydroxyl groups is 1. The summed E-state index contributed by atoms with van der Waals surface area (Å²) < 4.78 is 14.3. The van der Waals surface area contributed by atoms with Gasteiger partial charge in [-0.25, -0.2) is 4.39 Å². The Morgan fingerprint density at radius 3 is 1.96 bits per heavy atom. The number of hydrogen-bond donors (Lipinski definition) is 1. The van der Waals surface area contributed by atoms with Crippen molar-refractivity contribution in [2.45, 2.75) is 13.1 Å². The highest BCUT2D eigenvalue weighted by Gasteiger charge is 2.12.